The maximum Gasteiger partial charge on any atom is 0.337 e. The Kier molecular flexibility index (Phi) is 7.90. The van der Waals surface area contributed by atoms with Crippen molar-refractivity contribution in [2.45, 2.75) is 61.9 Å². The molecule has 1 aromatic heterocycles. The first kappa shape index (κ1) is 26.9. The summed E-state index contributed by atoms with van der Waals surface area (Å²) in [6.45, 7) is 4.32. The van der Waals surface area contributed by atoms with E-state index in [-0.39, 0.29) is 24.3 Å². The van der Waals surface area contributed by atoms with Crippen molar-refractivity contribution < 1.29 is 39.4 Å². The largest absolute Gasteiger partial charge is 0.497 e. The monoisotopic (exact) mass is 528 g/mol. The van der Waals surface area contributed by atoms with Gasteiger partial charge in [-0.1, -0.05) is 24.3 Å². The van der Waals surface area contributed by atoms with Crippen molar-refractivity contribution in [1.29, 1.82) is 0 Å². The fourth-order valence-corrected chi connectivity index (χ4v) is 6.25. The van der Waals surface area contributed by atoms with E-state index in [2.05, 4.69) is 29.0 Å². The van der Waals surface area contributed by atoms with Crippen LogP contribution in [0.3, 0.4) is 0 Å². The molecule has 0 saturated carbocycles. The van der Waals surface area contributed by atoms with Gasteiger partial charge in [-0.25, -0.2) is 4.79 Å². The number of carbonyl (C=O) groups excluding carboxylic acids is 1. The van der Waals surface area contributed by atoms with Crippen LogP contribution in [0, 0.1) is 11.8 Å². The Bertz CT molecular complexity index is 1190. The normalized spacial score (nSPS) is 35.2. The van der Waals surface area contributed by atoms with Gasteiger partial charge < -0.3 is 44.9 Å². The number of aromatic amines is 1. The van der Waals surface area contributed by atoms with Gasteiger partial charge in [-0.15, -0.1) is 6.58 Å². The minimum Gasteiger partial charge on any atom is -0.497 e. The molecule has 2 aromatic rings. The lowest BCUT2D eigenvalue weighted by atomic mass is 9.74. The maximum atomic E-state index is 12.8. The second-order valence-electron chi connectivity index (χ2n) is 10.3. The van der Waals surface area contributed by atoms with Crippen LogP contribution < -0.4 is 5.32 Å². The van der Waals surface area contributed by atoms with Gasteiger partial charge in [0, 0.05) is 40.9 Å². The molecule has 1 aromatic carbocycles. The molecule has 3 aliphatic heterocycles. The van der Waals surface area contributed by atoms with E-state index >= 15 is 0 Å². The van der Waals surface area contributed by atoms with Crippen LogP contribution in [0.15, 0.2) is 48.8 Å². The number of ether oxygens (including phenoxy) is 3. The molecule has 0 unspecified atom stereocenters. The zero-order valence-corrected chi connectivity index (χ0v) is 21.3. The molecule has 1 saturated heterocycles. The first-order valence-corrected chi connectivity index (χ1v) is 13.1. The van der Waals surface area contributed by atoms with Crippen LogP contribution in [0.4, 0.5) is 0 Å². The van der Waals surface area contributed by atoms with E-state index in [1.165, 1.54) is 24.3 Å². The summed E-state index contributed by atoms with van der Waals surface area (Å²) in [4.78, 5) is 16.4. The van der Waals surface area contributed by atoms with Gasteiger partial charge in [0.05, 0.1) is 31.7 Å². The Labute approximate surface area is 220 Å². The summed E-state index contributed by atoms with van der Waals surface area (Å²) in [6, 6.07) is 8.15. The van der Waals surface area contributed by atoms with Gasteiger partial charge in [-0.05, 0) is 31.0 Å². The Morgan fingerprint density at radius 2 is 1.89 bits per heavy atom. The van der Waals surface area contributed by atoms with Crippen LogP contribution in [-0.2, 0) is 25.4 Å². The highest BCUT2D eigenvalue weighted by molar-refractivity contribution is 5.89. The lowest BCUT2D eigenvalue weighted by Crippen LogP contribution is -2.59. The van der Waals surface area contributed by atoms with Crippen molar-refractivity contribution in [3.05, 3.63) is 60.0 Å². The van der Waals surface area contributed by atoms with Gasteiger partial charge in [-0.3, -0.25) is 0 Å². The van der Waals surface area contributed by atoms with Crippen molar-refractivity contribution in [3.63, 3.8) is 0 Å². The predicted octanol–water partition coefficient (Wildman–Crippen LogP) is 0.851. The van der Waals surface area contributed by atoms with Gasteiger partial charge in [-0.2, -0.15) is 0 Å². The topological polar surface area (TPSA) is 154 Å². The third-order valence-corrected chi connectivity index (χ3v) is 8.26. The molecule has 5 rings (SSSR count). The van der Waals surface area contributed by atoms with Crippen molar-refractivity contribution >= 4 is 16.9 Å². The minimum absolute atomic E-state index is 0.0577. The molecule has 0 bridgehead atoms. The number of fused-ring (bicyclic) bond motifs is 3. The summed E-state index contributed by atoms with van der Waals surface area (Å²) >= 11 is 0. The molecule has 1 fully saturated rings. The number of hydrogen-bond donors (Lipinski definition) is 6. The SMILES string of the molecule is C=C[C@H]1[C@H](C[C@@H]2O[C@H](CO)[C@@H](O)[C@H](O)[C@H]2O)OC=C(C(=O)OC)[C@H]1C[C@@H]1NCCc2c1[nH]c1ccccc21. The lowest BCUT2D eigenvalue weighted by molar-refractivity contribution is -0.235. The van der Waals surface area contributed by atoms with E-state index in [1.807, 2.05) is 12.1 Å². The van der Waals surface area contributed by atoms with Gasteiger partial charge in [0.25, 0.3) is 0 Å². The molecule has 3 aliphatic rings. The lowest BCUT2D eigenvalue weighted by Gasteiger charge is -2.43. The zero-order valence-electron chi connectivity index (χ0n) is 21.3. The van der Waals surface area contributed by atoms with Crippen molar-refractivity contribution in [3.8, 4) is 0 Å². The number of esters is 1. The molecule has 10 heteroatoms. The van der Waals surface area contributed by atoms with E-state index in [9.17, 15) is 25.2 Å². The molecule has 0 spiro atoms. The highest BCUT2D eigenvalue weighted by Gasteiger charge is 2.47. The standard InChI is InChI=1S/C28H36N2O8/c1-3-14-17(10-20-24-16(8-9-29-20)15-6-4-5-7-19(15)30-24)18(28(35)36-2)13-37-21(14)11-22-25(32)27(34)26(33)23(12-31)38-22/h3-7,13-14,17,20-23,25-27,29-34H,1,8-12H2,2H3/t14-,17+,20+,21+,22+,23-,25+,26-,27-/m1/s1. The van der Waals surface area contributed by atoms with E-state index < -0.39 is 49.2 Å². The molecule has 206 valence electrons. The highest BCUT2D eigenvalue weighted by Crippen LogP contribution is 2.42. The summed E-state index contributed by atoms with van der Waals surface area (Å²) < 4.78 is 16.8. The fourth-order valence-electron chi connectivity index (χ4n) is 6.25. The number of carbonyl (C=O) groups is 1. The molecular formula is C28H36N2O8. The number of aliphatic hydroxyl groups is 4. The van der Waals surface area contributed by atoms with E-state index in [0.717, 1.165) is 24.2 Å². The van der Waals surface area contributed by atoms with Crippen molar-refractivity contribution in [2.75, 3.05) is 20.3 Å². The molecule has 10 nitrogen and oxygen atoms in total. The third-order valence-electron chi connectivity index (χ3n) is 8.26. The van der Waals surface area contributed by atoms with Crippen LogP contribution in [0.5, 0.6) is 0 Å². The first-order valence-electron chi connectivity index (χ1n) is 13.1. The summed E-state index contributed by atoms with van der Waals surface area (Å²) in [6.07, 6.45) is -1.97. The van der Waals surface area contributed by atoms with Gasteiger partial charge in [0.15, 0.2) is 0 Å². The van der Waals surface area contributed by atoms with E-state index in [1.54, 1.807) is 6.08 Å². The number of hydrogen-bond acceptors (Lipinski definition) is 9. The summed E-state index contributed by atoms with van der Waals surface area (Å²) in [5.74, 6) is -1.16. The van der Waals surface area contributed by atoms with E-state index in [4.69, 9.17) is 14.2 Å². The number of para-hydroxylation sites is 1. The predicted molar refractivity (Wildman–Crippen MR) is 138 cm³/mol. The second-order valence-corrected chi connectivity index (χ2v) is 10.3. The van der Waals surface area contributed by atoms with Crippen LogP contribution in [0.25, 0.3) is 10.9 Å². The van der Waals surface area contributed by atoms with Crippen molar-refractivity contribution in [1.82, 2.24) is 10.3 Å². The fraction of sp³-hybridized carbons (Fsp3) is 0.536. The number of rotatable bonds is 7. The van der Waals surface area contributed by atoms with Gasteiger partial charge in [0.1, 0.15) is 30.5 Å². The summed E-state index contributed by atoms with van der Waals surface area (Å²) in [5.41, 5.74) is 3.84. The summed E-state index contributed by atoms with van der Waals surface area (Å²) in [5, 5.41) is 45.4. The number of benzene rings is 1. The molecule has 6 N–H and O–H groups in total. The average molecular weight is 529 g/mol. The number of nitrogens with one attached hydrogen (secondary N) is 2. The quantitative estimate of drug-likeness (QED) is 0.227. The Morgan fingerprint density at radius 3 is 2.63 bits per heavy atom. The van der Waals surface area contributed by atoms with Crippen molar-refractivity contribution in [2.24, 2.45) is 11.8 Å². The Hall–Kier alpha value is -2.73. The second kappa shape index (κ2) is 11.2. The molecule has 9 atom stereocenters. The first-order chi connectivity index (χ1) is 18.4. The molecule has 0 amide bonds. The average Bonchev–Trinajstić information content (AvgIpc) is 3.33. The number of H-pyrrole nitrogens is 1. The van der Waals surface area contributed by atoms with Gasteiger partial charge in [0.2, 0.25) is 0 Å². The van der Waals surface area contributed by atoms with Gasteiger partial charge >= 0.3 is 5.97 Å². The maximum absolute atomic E-state index is 12.8. The molecular weight excluding hydrogens is 492 g/mol. The zero-order chi connectivity index (χ0) is 27.0. The van der Waals surface area contributed by atoms with E-state index in [0.29, 0.717) is 12.0 Å². The molecule has 0 aliphatic carbocycles. The Morgan fingerprint density at radius 1 is 1.13 bits per heavy atom. The third kappa shape index (κ3) is 4.76. The number of aromatic nitrogens is 1. The van der Waals surface area contributed by atoms with Crippen LogP contribution >= 0.6 is 0 Å². The molecule has 38 heavy (non-hydrogen) atoms. The summed E-state index contributed by atoms with van der Waals surface area (Å²) in [7, 11) is 1.33. The highest BCUT2D eigenvalue weighted by atomic mass is 16.5. The smallest absolute Gasteiger partial charge is 0.337 e. The Balaban J connectivity index is 1.43. The minimum atomic E-state index is -1.47. The molecule has 4 heterocycles. The number of methoxy groups -OCH3 is 1. The molecule has 0 radical (unpaired) electrons. The number of aliphatic hydroxyl groups excluding tert-OH is 4. The van der Waals surface area contributed by atoms with Crippen LogP contribution in [0.2, 0.25) is 0 Å². The van der Waals surface area contributed by atoms with Crippen LogP contribution in [0.1, 0.15) is 30.1 Å². The van der Waals surface area contributed by atoms with Crippen LogP contribution in [-0.4, -0.2) is 88.3 Å².